The Morgan fingerprint density at radius 2 is 2.35 bits per heavy atom. The lowest BCUT2D eigenvalue weighted by Gasteiger charge is -2.37. The molecule has 1 aliphatic carbocycles. The molecule has 0 aromatic carbocycles. The minimum Gasteiger partial charge on any atom is -0.333 e. The van der Waals surface area contributed by atoms with Crippen LogP contribution in [-0.4, -0.2) is 39.1 Å². The van der Waals surface area contributed by atoms with Crippen molar-refractivity contribution in [3.63, 3.8) is 0 Å². The van der Waals surface area contributed by atoms with Crippen LogP contribution in [0, 0.1) is 6.92 Å². The van der Waals surface area contributed by atoms with Gasteiger partial charge in [-0.1, -0.05) is 0 Å². The van der Waals surface area contributed by atoms with E-state index in [-0.39, 0.29) is 5.91 Å². The van der Waals surface area contributed by atoms with Gasteiger partial charge in [0.15, 0.2) is 0 Å². The highest BCUT2D eigenvalue weighted by atomic mass is 35.5. The molecule has 0 saturated heterocycles. The number of amides is 1. The number of hydrogen-bond acceptors (Lipinski definition) is 2. The Balaban J connectivity index is 2.17. The van der Waals surface area contributed by atoms with Crippen LogP contribution >= 0.6 is 11.6 Å². The third-order valence-electron chi connectivity index (χ3n) is 3.32. The first-order valence-corrected chi connectivity index (χ1v) is 6.54. The molecule has 17 heavy (non-hydrogen) atoms. The van der Waals surface area contributed by atoms with Crippen LogP contribution in [0.1, 0.15) is 35.4 Å². The quantitative estimate of drug-likeness (QED) is 0.772. The maximum atomic E-state index is 12.4. The number of hydrogen-bond donors (Lipinski definition) is 0. The number of alkyl halides is 1. The van der Waals surface area contributed by atoms with Crippen molar-refractivity contribution in [1.82, 2.24) is 14.7 Å². The van der Waals surface area contributed by atoms with Gasteiger partial charge in [-0.05, 0) is 32.3 Å². The van der Waals surface area contributed by atoms with Gasteiger partial charge in [0.05, 0.1) is 5.69 Å². The molecule has 1 saturated carbocycles. The van der Waals surface area contributed by atoms with Crippen LogP contribution in [0.3, 0.4) is 0 Å². The minimum atomic E-state index is 0.0541. The van der Waals surface area contributed by atoms with Crippen LogP contribution in [0.2, 0.25) is 0 Å². The number of aromatic nitrogens is 2. The van der Waals surface area contributed by atoms with Crippen LogP contribution in [-0.2, 0) is 7.05 Å². The number of carbonyl (C=O) groups is 1. The molecule has 1 fully saturated rings. The summed E-state index contributed by atoms with van der Waals surface area (Å²) >= 11 is 5.78. The van der Waals surface area contributed by atoms with E-state index >= 15 is 0 Å². The molecular formula is C12H18ClN3O. The number of aryl methyl sites for hydroxylation is 2. The van der Waals surface area contributed by atoms with Crippen LogP contribution in [0.25, 0.3) is 0 Å². The predicted molar refractivity (Wildman–Crippen MR) is 67.3 cm³/mol. The van der Waals surface area contributed by atoms with Gasteiger partial charge in [0, 0.05) is 25.5 Å². The zero-order valence-corrected chi connectivity index (χ0v) is 11.1. The average molecular weight is 256 g/mol. The Bertz CT molecular complexity index is 412. The predicted octanol–water partition coefficient (Wildman–Crippen LogP) is 1.96. The fourth-order valence-corrected chi connectivity index (χ4v) is 2.38. The van der Waals surface area contributed by atoms with E-state index in [9.17, 15) is 4.79 Å². The van der Waals surface area contributed by atoms with Crippen molar-refractivity contribution in [2.24, 2.45) is 7.05 Å². The van der Waals surface area contributed by atoms with Crippen molar-refractivity contribution in [2.75, 3.05) is 12.4 Å². The Morgan fingerprint density at radius 3 is 2.76 bits per heavy atom. The van der Waals surface area contributed by atoms with E-state index in [1.54, 1.807) is 11.7 Å². The highest BCUT2D eigenvalue weighted by molar-refractivity contribution is 6.18. The molecular weight excluding hydrogens is 238 g/mol. The lowest BCUT2D eigenvalue weighted by atomic mass is 9.91. The molecule has 2 rings (SSSR count). The second kappa shape index (κ2) is 5.08. The van der Waals surface area contributed by atoms with Gasteiger partial charge in [0.1, 0.15) is 5.69 Å². The third kappa shape index (κ3) is 2.46. The summed E-state index contributed by atoms with van der Waals surface area (Å²) in [6.07, 6.45) is 3.40. The Morgan fingerprint density at radius 1 is 1.65 bits per heavy atom. The van der Waals surface area contributed by atoms with Gasteiger partial charge in [-0.25, -0.2) is 0 Å². The fourth-order valence-electron chi connectivity index (χ4n) is 2.20. The summed E-state index contributed by atoms with van der Waals surface area (Å²) in [5, 5.41) is 4.21. The fraction of sp³-hybridized carbons (Fsp3) is 0.667. The summed E-state index contributed by atoms with van der Waals surface area (Å²) in [4.78, 5) is 14.3. The van der Waals surface area contributed by atoms with Crippen molar-refractivity contribution < 1.29 is 4.79 Å². The summed E-state index contributed by atoms with van der Waals surface area (Å²) in [5.74, 6) is 0.539. The van der Waals surface area contributed by atoms with Gasteiger partial charge < -0.3 is 4.90 Å². The minimum absolute atomic E-state index is 0.0541. The average Bonchev–Trinajstić information content (AvgIpc) is 2.53. The largest absolute Gasteiger partial charge is 0.333 e. The van der Waals surface area contributed by atoms with E-state index in [1.807, 2.05) is 17.9 Å². The van der Waals surface area contributed by atoms with Crippen LogP contribution < -0.4 is 0 Å². The van der Waals surface area contributed by atoms with Gasteiger partial charge in [-0.15, -0.1) is 11.6 Å². The third-order valence-corrected chi connectivity index (χ3v) is 3.49. The van der Waals surface area contributed by atoms with Crippen molar-refractivity contribution in [1.29, 1.82) is 0 Å². The van der Waals surface area contributed by atoms with E-state index in [0.29, 0.717) is 24.2 Å². The van der Waals surface area contributed by atoms with E-state index < -0.39 is 0 Å². The standard InChI is InChI=1S/C12H18ClN3O/c1-9-8-11(15(2)14-9)12(17)16(7-6-13)10-4-3-5-10/h8,10H,3-7H2,1-2H3. The van der Waals surface area contributed by atoms with Gasteiger partial charge in [0.25, 0.3) is 5.91 Å². The maximum absolute atomic E-state index is 12.4. The van der Waals surface area contributed by atoms with Gasteiger partial charge in [-0.2, -0.15) is 5.10 Å². The summed E-state index contributed by atoms with van der Waals surface area (Å²) in [5.41, 5.74) is 1.52. The zero-order valence-electron chi connectivity index (χ0n) is 10.3. The van der Waals surface area contributed by atoms with E-state index in [4.69, 9.17) is 11.6 Å². The van der Waals surface area contributed by atoms with Gasteiger partial charge >= 0.3 is 0 Å². The molecule has 94 valence electrons. The first-order valence-electron chi connectivity index (χ1n) is 6.01. The number of nitrogens with zero attached hydrogens (tertiary/aromatic N) is 3. The smallest absolute Gasteiger partial charge is 0.272 e. The second-order valence-corrected chi connectivity index (χ2v) is 4.94. The highest BCUT2D eigenvalue weighted by Crippen LogP contribution is 2.26. The zero-order chi connectivity index (χ0) is 12.4. The maximum Gasteiger partial charge on any atom is 0.272 e. The Hall–Kier alpha value is -1.03. The highest BCUT2D eigenvalue weighted by Gasteiger charge is 2.30. The van der Waals surface area contributed by atoms with E-state index in [0.717, 1.165) is 18.5 Å². The van der Waals surface area contributed by atoms with Crippen molar-refractivity contribution in [3.05, 3.63) is 17.5 Å². The molecule has 0 unspecified atom stereocenters. The molecule has 0 radical (unpaired) electrons. The molecule has 5 heteroatoms. The molecule has 0 atom stereocenters. The van der Waals surface area contributed by atoms with Crippen LogP contribution in [0.5, 0.6) is 0 Å². The van der Waals surface area contributed by atoms with Crippen molar-refractivity contribution in [3.8, 4) is 0 Å². The van der Waals surface area contributed by atoms with Gasteiger partial charge in [-0.3, -0.25) is 9.48 Å². The molecule has 1 heterocycles. The molecule has 4 nitrogen and oxygen atoms in total. The summed E-state index contributed by atoms with van der Waals surface area (Å²) in [6, 6.07) is 2.21. The molecule has 1 aliphatic rings. The molecule has 0 aliphatic heterocycles. The normalized spacial score (nSPS) is 15.7. The van der Waals surface area contributed by atoms with Crippen LogP contribution in [0.15, 0.2) is 6.07 Å². The first kappa shape index (κ1) is 12.4. The van der Waals surface area contributed by atoms with Crippen molar-refractivity contribution in [2.45, 2.75) is 32.2 Å². The molecule has 1 aromatic heterocycles. The number of halogens is 1. The monoisotopic (exact) mass is 255 g/mol. The first-order chi connectivity index (χ1) is 8.13. The van der Waals surface area contributed by atoms with Gasteiger partial charge in [0.2, 0.25) is 0 Å². The van der Waals surface area contributed by atoms with Crippen molar-refractivity contribution >= 4 is 17.5 Å². The Kier molecular flexibility index (Phi) is 3.72. The van der Waals surface area contributed by atoms with E-state index in [2.05, 4.69) is 5.10 Å². The molecule has 1 aromatic rings. The topological polar surface area (TPSA) is 38.1 Å². The Labute approximate surface area is 107 Å². The molecule has 0 N–H and O–H groups in total. The molecule has 1 amide bonds. The van der Waals surface area contributed by atoms with Crippen LogP contribution in [0.4, 0.5) is 0 Å². The number of carbonyl (C=O) groups excluding carboxylic acids is 1. The summed E-state index contributed by atoms with van der Waals surface area (Å²) in [7, 11) is 1.81. The lowest BCUT2D eigenvalue weighted by Crippen LogP contribution is -2.45. The second-order valence-electron chi connectivity index (χ2n) is 4.57. The molecule has 0 bridgehead atoms. The number of rotatable bonds is 4. The van der Waals surface area contributed by atoms with E-state index in [1.165, 1.54) is 6.42 Å². The lowest BCUT2D eigenvalue weighted by molar-refractivity contribution is 0.0586. The molecule has 0 spiro atoms. The summed E-state index contributed by atoms with van der Waals surface area (Å²) in [6.45, 7) is 2.52. The SMILES string of the molecule is Cc1cc(C(=O)N(CCCl)C2CCC2)n(C)n1. The summed E-state index contributed by atoms with van der Waals surface area (Å²) < 4.78 is 1.65.